The van der Waals surface area contributed by atoms with Crippen LogP contribution in [0.15, 0.2) is 18.2 Å². The number of nitro groups is 1. The van der Waals surface area contributed by atoms with E-state index in [1.54, 1.807) is 19.1 Å². The number of nitro benzene ring substituents is 1. The van der Waals surface area contributed by atoms with E-state index in [0.29, 0.717) is 6.54 Å². The highest BCUT2D eigenvalue weighted by Gasteiger charge is 2.12. The van der Waals surface area contributed by atoms with Crippen molar-refractivity contribution in [1.82, 2.24) is 10.2 Å². The van der Waals surface area contributed by atoms with E-state index in [2.05, 4.69) is 24.1 Å². The molecule has 0 fully saturated rings. The highest BCUT2D eigenvalue weighted by atomic mass is 16.6. The van der Waals surface area contributed by atoms with E-state index in [1.807, 2.05) is 6.07 Å². The summed E-state index contributed by atoms with van der Waals surface area (Å²) in [5.41, 5.74) is 1.94. The summed E-state index contributed by atoms with van der Waals surface area (Å²) >= 11 is 0. The maximum atomic E-state index is 10.8. The summed E-state index contributed by atoms with van der Waals surface area (Å²) in [5.74, 6) is 0. The van der Waals surface area contributed by atoms with E-state index in [1.165, 1.54) is 0 Å². The van der Waals surface area contributed by atoms with Crippen LogP contribution in [0.4, 0.5) is 5.69 Å². The van der Waals surface area contributed by atoms with Crippen molar-refractivity contribution in [3.63, 3.8) is 0 Å². The third kappa shape index (κ3) is 4.61. The Hall–Kier alpha value is -1.46. The Kier molecular flexibility index (Phi) is 6.45. The van der Waals surface area contributed by atoms with Gasteiger partial charge in [0.1, 0.15) is 0 Å². The Labute approximate surface area is 114 Å². The van der Waals surface area contributed by atoms with Crippen molar-refractivity contribution < 1.29 is 4.92 Å². The van der Waals surface area contributed by atoms with Crippen LogP contribution in [0.2, 0.25) is 0 Å². The van der Waals surface area contributed by atoms with Crippen molar-refractivity contribution in [3.8, 4) is 0 Å². The first-order valence-corrected chi connectivity index (χ1v) is 6.76. The van der Waals surface area contributed by atoms with E-state index < -0.39 is 0 Å². The van der Waals surface area contributed by atoms with E-state index in [0.717, 1.165) is 37.3 Å². The molecule has 5 heteroatoms. The van der Waals surface area contributed by atoms with Crippen LogP contribution in [-0.2, 0) is 6.54 Å². The molecule has 0 unspecified atom stereocenters. The van der Waals surface area contributed by atoms with Gasteiger partial charge in [0.25, 0.3) is 5.69 Å². The van der Waals surface area contributed by atoms with Crippen LogP contribution in [-0.4, -0.2) is 36.0 Å². The van der Waals surface area contributed by atoms with Crippen molar-refractivity contribution in [2.45, 2.75) is 27.3 Å². The Morgan fingerprint density at radius 1 is 1.32 bits per heavy atom. The van der Waals surface area contributed by atoms with Crippen molar-refractivity contribution in [3.05, 3.63) is 39.4 Å². The first-order chi connectivity index (χ1) is 9.10. The summed E-state index contributed by atoms with van der Waals surface area (Å²) in [4.78, 5) is 12.9. The lowest BCUT2D eigenvalue weighted by Crippen LogP contribution is -2.31. The molecule has 0 heterocycles. The first kappa shape index (κ1) is 15.6. The minimum atomic E-state index is -0.325. The molecular weight excluding hydrogens is 242 g/mol. The molecular formula is C14H23N3O2. The fraction of sp³-hybridized carbons (Fsp3) is 0.571. The van der Waals surface area contributed by atoms with Crippen LogP contribution in [0.1, 0.15) is 25.0 Å². The summed E-state index contributed by atoms with van der Waals surface area (Å²) in [6.45, 7) is 10.8. The van der Waals surface area contributed by atoms with Crippen molar-refractivity contribution >= 4 is 5.69 Å². The molecule has 0 spiro atoms. The molecule has 1 aromatic rings. The second-order valence-corrected chi connectivity index (χ2v) is 4.52. The lowest BCUT2D eigenvalue weighted by Gasteiger charge is -2.18. The molecule has 1 rings (SSSR count). The molecule has 0 atom stereocenters. The van der Waals surface area contributed by atoms with E-state index in [4.69, 9.17) is 0 Å². The fourth-order valence-electron chi connectivity index (χ4n) is 2.06. The lowest BCUT2D eigenvalue weighted by molar-refractivity contribution is -0.385. The average Bonchev–Trinajstić information content (AvgIpc) is 2.40. The van der Waals surface area contributed by atoms with Crippen molar-refractivity contribution in [1.29, 1.82) is 0 Å². The standard InChI is InChI=1S/C14H23N3O2/c1-4-16(5-2)10-9-15-11-13-7-6-8-14(12(13)3)17(18)19/h6-8,15H,4-5,9-11H2,1-3H3. The number of benzene rings is 1. The number of hydrogen-bond donors (Lipinski definition) is 1. The van der Waals surface area contributed by atoms with Gasteiger partial charge >= 0.3 is 0 Å². The number of likely N-dealkylation sites (N-methyl/N-ethyl adjacent to an activating group) is 1. The Morgan fingerprint density at radius 2 is 2.00 bits per heavy atom. The van der Waals surface area contributed by atoms with E-state index in [9.17, 15) is 10.1 Å². The van der Waals surface area contributed by atoms with Gasteiger partial charge in [-0.25, -0.2) is 0 Å². The molecule has 19 heavy (non-hydrogen) atoms. The molecule has 0 aliphatic rings. The molecule has 0 saturated carbocycles. The summed E-state index contributed by atoms with van der Waals surface area (Å²) in [7, 11) is 0. The van der Waals surface area contributed by atoms with Gasteiger partial charge in [0.05, 0.1) is 4.92 Å². The molecule has 0 aromatic heterocycles. The van der Waals surface area contributed by atoms with Gasteiger partial charge in [0.15, 0.2) is 0 Å². The van der Waals surface area contributed by atoms with Gasteiger partial charge in [-0.15, -0.1) is 0 Å². The average molecular weight is 265 g/mol. The summed E-state index contributed by atoms with van der Waals surface area (Å²) in [6, 6.07) is 5.23. The van der Waals surface area contributed by atoms with Gasteiger partial charge < -0.3 is 10.2 Å². The van der Waals surface area contributed by atoms with Crippen LogP contribution < -0.4 is 5.32 Å². The summed E-state index contributed by atoms with van der Waals surface area (Å²) in [5, 5.41) is 14.2. The van der Waals surface area contributed by atoms with Gasteiger partial charge in [0.2, 0.25) is 0 Å². The normalized spacial score (nSPS) is 10.9. The topological polar surface area (TPSA) is 58.4 Å². The van der Waals surface area contributed by atoms with Gasteiger partial charge in [-0.1, -0.05) is 26.0 Å². The summed E-state index contributed by atoms with van der Waals surface area (Å²) in [6.07, 6.45) is 0. The summed E-state index contributed by atoms with van der Waals surface area (Å²) < 4.78 is 0. The molecule has 0 amide bonds. The molecule has 5 nitrogen and oxygen atoms in total. The molecule has 1 aromatic carbocycles. The lowest BCUT2D eigenvalue weighted by atomic mass is 10.1. The van der Waals surface area contributed by atoms with E-state index >= 15 is 0 Å². The zero-order valence-electron chi connectivity index (χ0n) is 12.0. The molecule has 0 radical (unpaired) electrons. The highest BCUT2D eigenvalue weighted by Crippen LogP contribution is 2.20. The number of nitrogens with zero attached hydrogens (tertiary/aromatic N) is 2. The third-order valence-corrected chi connectivity index (χ3v) is 3.43. The Bertz CT molecular complexity index is 417. The Balaban J connectivity index is 2.50. The smallest absolute Gasteiger partial charge is 0.272 e. The predicted molar refractivity (Wildman–Crippen MR) is 77.3 cm³/mol. The molecule has 0 saturated heterocycles. The van der Waals surface area contributed by atoms with Gasteiger partial charge in [-0.05, 0) is 25.6 Å². The molecule has 0 aliphatic carbocycles. The third-order valence-electron chi connectivity index (χ3n) is 3.43. The Morgan fingerprint density at radius 3 is 2.58 bits per heavy atom. The quantitative estimate of drug-likeness (QED) is 0.445. The maximum Gasteiger partial charge on any atom is 0.272 e. The second-order valence-electron chi connectivity index (χ2n) is 4.52. The van der Waals surface area contributed by atoms with Gasteiger partial charge in [-0.2, -0.15) is 0 Å². The van der Waals surface area contributed by atoms with Gasteiger partial charge in [-0.3, -0.25) is 10.1 Å². The largest absolute Gasteiger partial charge is 0.311 e. The zero-order valence-corrected chi connectivity index (χ0v) is 12.0. The number of rotatable bonds is 8. The first-order valence-electron chi connectivity index (χ1n) is 6.76. The number of nitrogens with one attached hydrogen (secondary N) is 1. The van der Waals surface area contributed by atoms with Crippen LogP contribution in [0.25, 0.3) is 0 Å². The predicted octanol–water partition coefficient (Wildman–Crippen LogP) is 2.33. The molecule has 0 aliphatic heterocycles. The molecule has 1 N–H and O–H groups in total. The van der Waals surface area contributed by atoms with Crippen LogP contribution in [0.3, 0.4) is 0 Å². The highest BCUT2D eigenvalue weighted by molar-refractivity contribution is 5.44. The maximum absolute atomic E-state index is 10.8. The van der Waals surface area contributed by atoms with Crippen molar-refractivity contribution in [2.24, 2.45) is 0 Å². The van der Waals surface area contributed by atoms with Crippen LogP contribution in [0, 0.1) is 17.0 Å². The molecule has 0 bridgehead atoms. The van der Waals surface area contributed by atoms with Gasteiger partial charge in [0, 0.05) is 31.3 Å². The zero-order chi connectivity index (χ0) is 14.3. The second kappa shape index (κ2) is 7.86. The van der Waals surface area contributed by atoms with E-state index in [-0.39, 0.29) is 10.6 Å². The monoisotopic (exact) mass is 265 g/mol. The van der Waals surface area contributed by atoms with Crippen LogP contribution >= 0.6 is 0 Å². The number of hydrogen-bond acceptors (Lipinski definition) is 4. The minimum absolute atomic E-state index is 0.197. The minimum Gasteiger partial charge on any atom is -0.311 e. The van der Waals surface area contributed by atoms with Crippen LogP contribution in [0.5, 0.6) is 0 Å². The fourth-order valence-corrected chi connectivity index (χ4v) is 2.06. The van der Waals surface area contributed by atoms with Crippen molar-refractivity contribution in [2.75, 3.05) is 26.2 Å². The SMILES string of the molecule is CCN(CC)CCNCc1cccc([N+](=O)[O-])c1C. The molecule has 106 valence electrons.